The number of hydrogen-bond donors (Lipinski definition) is 3. The Kier molecular flexibility index (Phi) is 4.55. The van der Waals surface area contributed by atoms with Crippen molar-refractivity contribution in [1.82, 2.24) is 15.6 Å². The molecule has 0 spiro atoms. The first-order chi connectivity index (χ1) is 13.1. The molecule has 1 aromatic heterocycles. The lowest BCUT2D eigenvalue weighted by Crippen LogP contribution is -2.30. The first-order valence-electron chi connectivity index (χ1n) is 8.46. The summed E-state index contributed by atoms with van der Waals surface area (Å²) in [4.78, 5) is 39.2. The van der Waals surface area contributed by atoms with Crippen LogP contribution in [0.15, 0.2) is 48.5 Å². The summed E-state index contributed by atoms with van der Waals surface area (Å²) in [6.07, 6.45) is 0.394. The summed E-state index contributed by atoms with van der Waals surface area (Å²) in [7, 11) is 0. The number of amides is 4. The van der Waals surface area contributed by atoms with Crippen molar-refractivity contribution in [3.8, 4) is 10.6 Å². The summed E-state index contributed by atoms with van der Waals surface area (Å²) in [6.45, 7) is 0. The molecule has 0 unspecified atom stereocenters. The molecular formula is C19H16N4O3S. The molecule has 136 valence electrons. The van der Waals surface area contributed by atoms with Gasteiger partial charge in [0.1, 0.15) is 11.0 Å². The van der Waals surface area contributed by atoms with E-state index < -0.39 is 18.0 Å². The molecule has 7 nitrogen and oxygen atoms in total. The lowest BCUT2D eigenvalue weighted by atomic mass is 10.1. The van der Waals surface area contributed by atoms with Crippen molar-refractivity contribution in [2.45, 2.75) is 18.9 Å². The summed E-state index contributed by atoms with van der Waals surface area (Å²) in [6, 6.07) is 14.3. The molecule has 8 heteroatoms. The Hall–Kier alpha value is -3.26. The summed E-state index contributed by atoms with van der Waals surface area (Å²) in [5.74, 6) is -0.607. The Bertz CT molecular complexity index is 996. The Morgan fingerprint density at radius 3 is 2.59 bits per heavy atom. The van der Waals surface area contributed by atoms with Crippen LogP contribution in [-0.4, -0.2) is 28.9 Å². The molecule has 3 N–H and O–H groups in total. The summed E-state index contributed by atoms with van der Waals surface area (Å²) >= 11 is 1.62. The molecule has 1 atom stereocenters. The van der Waals surface area contributed by atoms with Crippen molar-refractivity contribution in [2.75, 3.05) is 5.32 Å². The second-order valence-corrected chi connectivity index (χ2v) is 7.20. The van der Waals surface area contributed by atoms with E-state index >= 15 is 0 Å². The monoisotopic (exact) mass is 380 g/mol. The number of nitrogens with one attached hydrogen (secondary N) is 3. The number of aromatic nitrogens is 1. The van der Waals surface area contributed by atoms with Gasteiger partial charge in [-0.15, -0.1) is 11.3 Å². The van der Waals surface area contributed by atoms with Gasteiger partial charge in [0, 0.05) is 17.7 Å². The van der Waals surface area contributed by atoms with E-state index in [-0.39, 0.29) is 18.7 Å². The molecule has 0 radical (unpaired) electrons. The minimum absolute atomic E-state index is 0.137. The number of thiazole rings is 1. The van der Waals surface area contributed by atoms with Crippen LogP contribution in [0, 0.1) is 0 Å². The third-order valence-corrected chi connectivity index (χ3v) is 5.31. The molecular weight excluding hydrogens is 364 g/mol. The van der Waals surface area contributed by atoms with Crippen LogP contribution in [0.1, 0.15) is 12.8 Å². The lowest BCUT2D eigenvalue weighted by molar-refractivity contribution is -0.120. The Balaban J connectivity index is 1.36. The number of para-hydroxylation sites is 1. The molecule has 1 fully saturated rings. The average molecular weight is 380 g/mol. The van der Waals surface area contributed by atoms with Gasteiger partial charge in [0.25, 0.3) is 5.91 Å². The minimum atomic E-state index is -0.648. The molecule has 2 aromatic carbocycles. The fraction of sp³-hybridized carbons (Fsp3) is 0.158. The number of anilines is 1. The van der Waals surface area contributed by atoms with E-state index in [2.05, 4.69) is 20.9 Å². The Morgan fingerprint density at radius 1 is 1.11 bits per heavy atom. The molecule has 1 aliphatic heterocycles. The molecule has 27 heavy (non-hydrogen) atoms. The van der Waals surface area contributed by atoms with Gasteiger partial charge in [0.05, 0.1) is 10.2 Å². The fourth-order valence-corrected chi connectivity index (χ4v) is 3.82. The standard InChI is InChI=1S/C19H16N4O3S/c24-16(10-9-14-17(25)23-19(26)22-14)20-12-7-5-11(6-8-12)18-21-13-3-1-2-4-15(13)27-18/h1-8,14H,9-10H2,(H,20,24)(H2,22,23,25,26)/t14-/m1/s1. The van der Waals surface area contributed by atoms with E-state index in [4.69, 9.17) is 0 Å². The smallest absolute Gasteiger partial charge is 0.322 e. The minimum Gasteiger partial charge on any atom is -0.326 e. The van der Waals surface area contributed by atoms with Crippen LogP contribution in [0.4, 0.5) is 10.5 Å². The van der Waals surface area contributed by atoms with Crippen molar-refractivity contribution in [2.24, 2.45) is 0 Å². The van der Waals surface area contributed by atoms with Gasteiger partial charge < -0.3 is 10.6 Å². The number of benzene rings is 2. The first kappa shape index (κ1) is 17.2. The van der Waals surface area contributed by atoms with Crippen molar-refractivity contribution in [3.05, 3.63) is 48.5 Å². The third-order valence-electron chi connectivity index (χ3n) is 4.23. The van der Waals surface area contributed by atoms with E-state index in [9.17, 15) is 14.4 Å². The molecule has 0 bridgehead atoms. The van der Waals surface area contributed by atoms with E-state index in [0.717, 1.165) is 20.8 Å². The van der Waals surface area contributed by atoms with Crippen molar-refractivity contribution < 1.29 is 14.4 Å². The van der Waals surface area contributed by atoms with E-state index in [1.54, 1.807) is 11.3 Å². The van der Waals surface area contributed by atoms with Gasteiger partial charge in [-0.25, -0.2) is 9.78 Å². The number of nitrogens with zero attached hydrogens (tertiary/aromatic N) is 1. The zero-order valence-electron chi connectivity index (χ0n) is 14.2. The van der Waals surface area contributed by atoms with E-state index in [1.807, 2.05) is 48.5 Å². The maximum Gasteiger partial charge on any atom is 0.322 e. The first-order valence-corrected chi connectivity index (χ1v) is 9.27. The number of rotatable bonds is 5. The van der Waals surface area contributed by atoms with Crippen LogP contribution in [0.5, 0.6) is 0 Å². The van der Waals surface area contributed by atoms with E-state index in [1.165, 1.54) is 0 Å². The Labute approximate surface area is 158 Å². The zero-order chi connectivity index (χ0) is 18.8. The Morgan fingerprint density at radius 2 is 1.89 bits per heavy atom. The van der Waals surface area contributed by atoms with Gasteiger partial charge in [0.2, 0.25) is 5.91 Å². The van der Waals surface area contributed by atoms with Crippen LogP contribution in [0.2, 0.25) is 0 Å². The van der Waals surface area contributed by atoms with Crippen LogP contribution < -0.4 is 16.0 Å². The van der Waals surface area contributed by atoms with Crippen molar-refractivity contribution in [1.29, 1.82) is 0 Å². The van der Waals surface area contributed by atoms with Crippen LogP contribution in [0.25, 0.3) is 20.8 Å². The molecule has 4 rings (SSSR count). The molecule has 2 heterocycles. The van der Waals surface area contributed by atoms with Crippen LogP contribution in [0.3, 0.4) is 0 Å². The predicted molar refractivity (Wildman–Crippen MR) is 103 cm³/mol. The molecule has 0 saturated carbocycles. The number of hydrogen-bond acceptors (Lipinski definition) is 5. The van der Waals surface area contributed by atoms with Crippen molar-refractivity contribution >= 4 is 45.1 Å². The quantitative estimate of drug-likeness (QED) is 0.593. The number of fused-ring (bicyclic) bond motifs is 1. The van der Waals surface area contributed by atoms with Crippen molar-refractivity contribution in [3.63, 3.8) is 0 Å². The van der Waals surface area contributed by atoms with E-state index in [0.29, 0.717) is 5.69 Å². The second kappa shape index (κ2) is 7.16. The maximum atomic E-state index is 12.1. The number of carbonyl (C=O) groups is 3. The summed E-state index contributed by atoms with van der Waals surface area (Å²) in [5.41, 5.74) is 2.63. The highest BCUT2D eigenvalue weighted by molar-refractivity contribution is 7.21. The topological polar surface area (TPSA) is 100 Å². The molecule has 4 amide bonds. The molecule has 0 aliphatic carbocycles. The van der Waals surface area contributed by atoms with Gasteiger partial charge in [-0.05, 0) is 42.8 Å². The zero-order valence-corrected chi connectivity index (χ0v) is 15.0. The summed E-state index contributed by atoms with van der Waals surface area (Å²) in [5, 5.41) is 8.34. The van der Waals surface area contributed by atoms with Gasteiger partial charge in [-0.1, -0.05) is 12.1 Å². The van der Waals surface area contributed by atoms with Gasteiger partial charge in [0.15, 0.2) is 0 Å². The number of carbonyl (C=O) groups excluding carboxylic acids is 3. The largest absolute Gasteiger partial charge is 0.326 e. The number of urea groups is 1. The number of imide groups is 1. The fourth-order valence-electron chi connectivity index (χ4n) is 2.85. The molecule has 1 aliphatic rings. The molecule has 3 aromatic rings. The lowest BCUT2D eigenvalue weighted by Gasteiger charge is -2.08. The highest BCUT2D eigenvalue weighted by atomic mass is 32.1. The normalized spacial score (nSPS) is 16.2. The summed E-state index contributed by atoms with van der Waals surface area (Å²) < 4.78 is 1.13. The molecule has 1 saturated heterocycles. The highest BCUT2D eigenvalue weighted by Gasteiger charge is 2.29. The highest BCUT2D eigenvalue weighted by Crippen LogP contribution is 2.30. The van der Waals surface area contributed by atoms with Gasteiger partial charge in [-0.2, -0.15) is 0 Å². The van der Waals surface area contributed by atoms with Gasteiger partial charge in [-0.3, -0.25) is 14.9 Å². The van der Waals surface area contributed by atoms with Crippen LogP contribution >= 0.6 is 11.3 Å². The third kappa shape index (κ3) is 3.80. The second-order valence-electron chi connectivity index (χ2n) is 6.17. The van der Waals surface area contributed by atoms with Gasteiger partial charge >= 0.3 is 6.03 Å². The van der Waals surface area contributed by atoms with Crippen LogP contribution in [-0.2, 0) is 9.59 Å². The average Bonchev–Trinajstić information content (AvgIpc) is 3.23. The maximum absolute atomic E-state index is 12.1. The SMILES string of the molecule is O=C(CC[C@H]1NC(=O)NC1=O)Nc1ccc(-c2nc3ccccc3s2)cc1. The predicted octanol–water partition coefficient (Wildman–Crippen LogP) is 2.89.